The number of anilines is 1. The summed E-state index contributed by atoms with van der Waals surface area (Å²) in [7, 11) is 0. The van der Waals surface area contributed by atoms with Crippen LogP contribution < -0.4 is 4.90 Å². The van der Waals surface area contributed by atoms with Crippen LogP contribution >= 0.6 is 0 Å². The Kier molecular flexibility index (Phi) is 4.57. The first-order valence-corrected chi connectivity index (χ1v) is 7.07. The molecule has 0 radical (unpaired) electrons. The van der Waals surface area contributed by atoms with Crippen molar-refractivity contribution in [3.8, 4) is 0 Å². The second-order valence-corrected chi connectivity index (χ2v) is 5.16. The van der Waals surface area contributed by atoms with Crippen molar-refractivity contribution in [3.63, 3.8) is 0 Å². The van der Waals surface area contributed by atoms with Gasteiger partial charge < -0.3 is 4.90 Å². The average molecular weight is 267 g/mol. The van der Waals surface area contributed by atoms with Crippen molar-refractivity contribution in [2.75, 3.05) is 11.4 Å². The molecule has 0 unspecified atom stereocenters. The molecule has 2 aromatic carbocycles. The van der Waals surface area contributed by atoms with E-state index in [1.165, 1.54) is 11.1 Å². The molecule has 2 rings (SSSR count). The lowest BCUT2D eigenvalue weighted by Gasteiger charge is -2.22. The van der Waals surface area contributed by atoms with Gasteiger partial charge in [0.1, 0.15) is 0 Å². The van der Waals surface area contributed by atoms with Gasteiger partial charge in [-0.1, -0.05) is 42.3 Å². The van der Waals surface area contributed by atoms with Crippen LogP contribution in [0.1, 0.15) is 34.8 Å². The molecular weight excluding hydrogens is 246 g/mol. The van der Waals surface area contributed by atoms with Gasteiger partial charge >= 0.3 is 0 Å². The summed E-state index contributed by atoms with van der Waals surface area (Å²) >= 11 is 0. The van der Waals surface area contributed by atoms with Crippen LogP contribution in [0.15, 0.2) is 48.5 Å². The Morgan fingerprint density at radius 2 is 1.40 bits per heavy atom. The summed E-state index contributed by atoms with van der Waals surface area (Å²) in [5, 5.41) is 0. The van der Waals surface area contributed by atoms with Gasteiger partial charge in [-0.3, -0.25) is 4.79 Å². The molecule has 0 N–H and O–H groups in total. The summed E-state index contributed by atoms with van der Waals surface area (Å²) in [5.41, 5.74) is 4.07. The highest BCUT2D eigenvalue weighted by Gasteiger charge is 2.16. The summed E-state index contributed by atoms with van der Waals surface area (Å²) < 4.78 is 0. The molecule has 0 aliphatic carbocycles. The molecule has 2 nitrogen and oxygen atoms in total. The standard InChI is InChI=1S/C18H21NO/c1-4-13-19(17-11-7-15(3)8-12-17)18(20)16-9-5-14(2)6-10-16/h5-12H,4,13H2,1-3H3. The lowest BCUT2D eigenvalue weighted by Crippen LogP contribution is -2.31. The first kappa shape index (κ1) is 14.3. The van der Waals surface area contributed by atoms with Crippen molar-refractivity contribution in [3.05, 3.63) is 65.2 Å². The molecule has 0 aromatic heterocycles. The third-order valence-electron chi connectivity index (χ3n) is 3.34. The molecule has 0 aliphatic rings. The van der Waals surface area contributed by atoms with E-state index in [2.05, 4.69) is 13.8 Å². The van der Waals surface area contributed by atoms with E-state index >= 15 is 0 Å². The first-order chi connectivity index (χ1) is 9.61. The van der Waals surface area contributed by atoms with E-state index in [9.17, 15) is 4.79 Å². The number of aryl methyl sites for hydroxylation is 2. The molecule has 2 heteroatoms. The molecule has 0 heterocycles. The number of carbonyl (C=O) groups is 1. The Hall–Kier alpha value is -2.09. The molecule has 0 fully saturated rings. The molecule has 1 amide bonds. The number of carbonyl (C=O) groups excluding carboxylic acids is 1. The van der Waals surface area contributed by atoms with Crippen LogP contribution in [0.25, 0.3) is 0 Å². The predicted molar refractivity (Wildman–Crippen MR) is 84.3 cm³/mol. The molecule has 0 saturated carbocycles. The minimum Gasteiger partial charge on any atom is -0.308 e. The van der Waals surface area contributed by atoms with E-state index in [1.807, 2.05) is 60.4 Å². The Morgan fingerprint density at radius 3 is 1.90 bits per heavy atom. The second kappa shape index (κ2) is 6.38. The second-order valence-electron chi connectivity index (χ2n) is 5.16. The van der Waals surface area contributed by atoms with Crippen LogP contribution in [0.4, 0.5) is 5.69 Å². The van der Waals surface area contributed by atoms with E-state index in [0.717, 1.165) is 24.2 Å². The predicted octanol–water partition coefficient (Wildman–Crippen LogP) is 4.36. The van der Waals surface area contributed by atoms with Gasteiger partial charge in [0, 0.05) is 17.8 Å². The zero-order chi connectivity index (χ0) is 14.5. The number of amides is 1. The minimum atomic E-state index is 0.0655. The molecule has 2 aromatic rings. The topological polar surface area (TPSA) is 20.3 Å². The fourth-order valence-corrected chi connectivity index (χ4v) is 2.15. The molecule has 20 heavy (non-hydrogen) atoms. The van der Waals surface area contributed by atoms with E-state index in [-0.39, 0.29) is 5.91 Å². The van der Waals surface area contributed by atoms with Crippen molar-refractivity contribution in [2.45, 2.75) is 27.2 Å². The van der Waals surface area contributed by atoms with E-state index in [0.29, 0.717) is 0 Å². The molecule has 0 spiro atoms. The Labute approximate surface area is 121 Å². The number of benzene rings is 2. The van der Waals surface area contributed by atoms with Gasteiger partial charge in [0.05, 0.1) is 0 Å². The van der Waals surface area contributed by atoms with Crippen molar-refractivity contribution >= 4 is 11.6 Å². The SMILES string of the molecule is CCCN(C(=O)c1ccc(C)cc1)c1ccc(C)cc1. The quantitative estimate of drug-likeness (QED) is 0.806. The molecule has 0 aliphatic heterocycles. The normalized spacial score (nSPS) is 10.3. The van der Waals surface area contributed by atoms with Crippen LogP contribution in [0.3, 0.4) is 0 Å². The number of hydrogen-bond donors (Lipinski definition) is 0. The van der Waals surface area contributed by atoms with Gasteiger partial charge in [0.2, 0.25) is 0 Å². The third kappa shape index (κ3) is 3.27. The van der Waals surface area contributed by atoms with E-state index < -0.39 is 0 Å². The summed E-state index contributed by atoms with van der Waals surface area (Å²) in [6, 6.07) is 15.9. The van der Waals surface area contributed by atoms with Gasteiger partial charge in [-0.2, -0.15) is 0 Å². The van der Waals surface area contributed by atoms with Crippen LogP contribution in [0.5, 0.6) is 0 Å². The van der Waals surface area contributed by atoms with Crippen molar-refractivity contribution in [1.82, 2.24) is 0 Å². The molecular formula is C18H21NO. The molecule has 0 atom stereocenters. The van der Waals surface area contributed by atoms with Gasteiger partial charge in [0.15, 0.2) is 0 Å². The van der Waals surface area contributed by atoms with Gasteiger partial charge in [-0.05, 0) is 44.5 Å². The highest BCUT2D eigenvalue weighted by atomic mass is 16.2. The lowest BCUT2D eigenvalue weighted by atomic mass is 10.1. The largest absolute Gasteiger partial charge is 0.308 e. The summed E-state index contributed by atoms with van der Waals surface area (Å²) in [6.45, 7) is 6.90. The zero-order valence-corrected chi connectivity index (χ0v) is 12.4. The maximum atomic E-state index is 12.7. The van der Waals surface area contributed by atoms with Crippen LogP contribution in [0, 0.1) is 13.8 Å². The maximum absolute atomic E-state index is 12.7. The zero-order valence-electron chi connectivity index (χ0n) is 12.4. The smallest absolute Gasteiger partial charge is 0.258 e. The van der Waals surface area contributed by atoms with Crippen LogP contribution in [-0.4, -0.2) is 12.5 Å². The average Bonchev–Trinajstić information content (AvgIpc) is 2.46. The summed E-state index contributed by atoms with van der Waals surface area (Å²) in [6.07, 6.45) is 0.936. The monoisotopic (exact) mass is 267 g/mol. The van der Waals surface area contributed by atoms with Crippen molar-refractivity contribution < 1.29 is 4.79 Å². The molecule has 0 saturated heterocycles. The van der Waals surface area contributed by atoms with Crippen LogP contribution in [0.2, 0.25) is 0 Å². The highest BCUT2D eigenvalue weighted by molar-refractivity contribution is 6.06. The third-order valence-corrected chi connectivity index (χ3v) is 3.34. The maximum Gasteiger partial charge on any atom is 0.258 e. The number of hydrogen-bond acceptors (Lipinski definition) is 1. The fourth-order valence-electron chi connectivity index (χ4n) is 2.15. The number of rotatable bonds is 4. The van der Waals surface area contributed by atoms with E-state index in [1.54, 1.807) is 0 Å². The Bertz CT molecular complexity index is 569. The summed E-state index contributed by atoms with van der Waals surface area (Å²) in [5.74, 6) is 0.0655. The van der Waals surface area contributed by atoms with Crippen LogP contribution in [-0.2, 0) is 0 Å². The van der Waals surface area contributed by atoms with Gasteiger partial charge in [-0.25, -0.2) is 0 Å². The minimum absolute atomic E-state index is 0.0655. The molecule has 0 bridgehead atoms. The fraction of sp³-hybridized carbons (Fsp3) is 0.278. The van der Waals surface area contributed by atoms with Crippen molar-refractivity contribution in [1.29, 1.82) is 0 Å². The Balaban J connectivity index is 2.30. The Morgan fingerprint density at radius 1 is 0.900 bits per heavy atom. The van der Waals surface area contributed by atoms with Gasteiger partial charge in [-0.15, -0.1) is 0 Å². The first-order valence-electron chi connectivity index (χ1n) is 7.07. The molecule has 104 valence electrons. The lowest BCUT2D eigenvalue weighted by molar-refractivity contribution is 0.0987. The summed E-state index contributed by atoms with van der Waals surface area (Å²) in [4.78, 5) is 14.5. The highest BCUT2D eigenvalue weighted by Crippen LogP contribution is 2.18. The number of nitrogens with zero attached hydrogens (tertiary/aromatic N) is 1. The van der Waals surface area contributed by atoms with Gasteiger partial charge in [0.25, 0.3) is 5.91 Å². The van der Waals surface area contributed by atoms with Crippen molar-refractivity contribution in [2.24, 2.45) is 0 Å². The van der Waals surface area contributed by atoms with E-state index in [4.69, 9.17) is 0 Å².